The van der Waals surface area contributed by atoms with Gasteiger partial charge in [0.05, 0.1) is 10.5 Å². The van der Waals surface area contributed by atoms with Gasteiger partial charge in [-0.25, -0.2) is 8.42 Å². The van der Waals surface area contributed by atoms with E-state index >= 15 is 0 Å². The zero-order chi connectivity index (χ0) is 23.8. The number of piperidine rings is 1. The van der Waals surface area contributed by atoms with Crippen LogP contribution < -0.4 is 5.32 Å². The van der Waals surface area contributed by atoms with Crippen molar-refractivity contribution >= 4 is 38.2 Å². The third kappa shape index (κ3) is 4.84. The molecule has 1 fully saturated rings. The van der Waals surface area contributed by atoms with E-state index in [1.165, 1.54) is 44.8 Å². The van der Waals surface area contributed by atoms with Crippen molar-refractivity contribution in [3.05, 3.63) is 45.8 Å². The largest absolute Gasteiger partial charge is 0.345 e. The maximum atomic E-state index is 13.0. The van der Waals surface area contributed by atoms with Gasteiger partial charge in [-0.2, -0.15) is 4.31 Å². The average molecular weight is 491 g/mol. The Hall–Kier alpha value is -2.27. The summed E-state index contributed by atoms with van der Waals surface area (Å²) in [4.78, 5) is 30.9. The minimum atomic E-state index is -3.55. The number of likely N-dealkylation sites (N-methyl/N-ethyl adjacent to an activating group) is 1. The lowest BCUT2D eigenvalue weighted by Gasteiger charge is -2.25. The van der Waals surface area contributed by atoms with Crippen LogP contribution in [0.3, 0.4) is 0 Å². The molecule has 2 aromatic rings. The summed E-state index contributed by atoms with van der Waals surface area (Å²) in [6.45, 7) is 2.67. The summed E-state index contributed by atoms with van der Waals surface area (Å²) in [5, 5.41) is 3.46. The van der Waals surface area contributed by atoms with Gasteiger partial charge in [-0.1, -0.05) is 6.42 Å². The molecule has 1 saturated heterocycles. The number of sulfonamides is 1. The Balaban J connectivity index is 1.57. The van der Waals surface area contributed by atoms with Gasteiger partial charge in [0, 0.05) is 50.7 Å². The number of nitrogens with zero attached hydrogens (tertiary/aromatic N) is 3. The summed E-state index contributed by atoms with van der Waals surface area (Å²) in [5.74, 6) is -0.494. The lowest BCUT2D eigenvalue weighted by molar-refractivity contribution is 0.0827. The fourth-order valence-corrected chi connectivity index (χ4v) is 7.11. The number of rotatable bonds is 5. The molecule has 3 heterocycles. The molecule has 0 aliphatic carbocycles. The van der Waals surface area contributed by atoms with E-state index < -0.39 is 10.0 Å². The van der Waals surface area contributed by atoms with Crippen LogP contribution in [0.1, 0.15) is 50.4 Å². The predicted molar refractivity (Wildman–Crippen MR) is 129 cm³/mol. The number of hydrogen-bond donors (Lipinski definition) is 1. The standard InChI is InChI=1S/C23H30N4O4S2/c1-25(2)23(29)20-18-11-14-26(3)15-19(18)32-22(20)24-21(28)16-7-9-17(10-8-16)33(30,31)27-12-5-4-6-13-27/h7-10H,4-6,11-15H2,1-3H3,(H,24,28). The molecule has 0 atom stereocenters. The van der Waals surface area contributed by atoms with Gasteiger partial charge < -0.3 is 15.1 Å². The van der Waals surface area contributed by atoms with E-state index in [1.54, 1.807) is 14.1 Å². The molecule has 1 N–H and O–H groups in total. The quantitative estimate of drug-likeness (QED) is 0.696. The molecule has 178 valence electrons. The second-order valence-electron chi connectivity index (χ2n) is 8.84. The fraction of sp³-hybridized carbons (Fsp3) is 0.478. The molecular weight excluding hydrogens is 460 g/mol. The topological polar surface area (TPSA) is 90.0 Å². The number of carbonyl (C=O) groups is 2. The highest BCUT2D eigenvalue weighted by Crippen LogP contribution is 2.37. The first-order valence-corrected chi connectivity index (χ1v) is 13.4. The van der Waals surface area contributed by atoms with E-state index in [-0.39, 0.29) is 16.7 Å². The summed E-state index contributed by atoms with van der Waals surface area (Å²) in [5.41, 5.74) is 1.92. The number of thiophene rings is 1. The van der Waals surface area contributed by atoms with Crippen molar-refractivity contribution < 1.29 is 18.0 Å². The van der Waals surface area contributed by atoms with E-state index in [0.29, 0.717) is 29.2 Å². The Morgan fingerprint density at radius 3 is 2.33 bits per heavy atom. The minimum absolute atomic E-state index is 0.129. The highest BCUT2D eigenvalue weighted by Gasteiger charge is 2.29. The summed E-state index contributed by atoms with van der Waals surface area (Å²) in [7, 11) is 1.89. The van der Waals surface area contributed by atoms with Crippen molar-refractivity contribution in [1.82, 2.24) is 14.1 Å². The maximum absolute atomic E-state index is 13.0. The highest BCUT2D eigenvalue weighted by atomic mass is 32.2. The van der Waals surface area contributed by atoms with E-state index in [9.17, 15) is 18.0 Å². The van der Waals surface area contributed by atoms with Crippen molar-refractivity contribution in [3.63, 3.8) is 0 Å². The third-order valence-corrected chi connectivity index (χ3v) is 9.21. The molecule has 2 aliphatic rings. The Kier molecular flexibility index (Phi) is 6.90. The van der Waals surface area contributed by atoms with Crippen molar-refractivity contribution in [2.75, 3.05) is 46.1 Å². The van der Waals surface area contributed by atoms with Gasteiger partial charge in [-0.3, -0.25) is 9.59 Å². The second-order valence-corrected chi connectivity index (χ2v) is 11.9. The number of fused-ring (bicyclic) bond motifs is 1. The van der Waals surface area contributed by atoms with Crippen LogP contribution in [0.15, 0.2) is 29.2 Å². The van der Waals surface area contributed by atoms with Crippen molar-refractivity contribution in [2.24, 2.45) is 0 Å². The van der Waals surface area contributed by atoms with Gasteiger partial charge in [-0.05, 0) is 56.1 Å². The van der Waals surface area contributed by atoms with Crippen LogP contribution in [-0.4, -0.2) is 75.1 Å². The zero-order valence-electron chi connectivity index (χ0n) is 19.3. The number of carbonyl (C=O) groups excluding carboxylic acids is 2. The lowest BCUT2D eigenvalue weighted by atomic mass is 10.0. The first-order valence-electron chi connectivity index (χ1n) is 11.1. The number of anilines is 1. The molecule has 33 heavy (non-hydrogen) atoms. The molecule has 8 nitrogen and oxygen atoms in total. The van der Waals surface area contributed by atoms with Crippen LogP contribution in [0.4, 0.5) is 5.00 Å². The van der Waals surface area contributed by atoms with Crippen molar-refractivity contribution in [2.45, 2.75) is 37.1 Å². The Morgan fingerprint density at radius 2 is 1.70 bits per heavy atom. The van der Waals surface area contributed by atoms with E-state index in [0.717, 1.165) is 49.2 Å². The molecule has 0 unspecified atom stereocenters. The smallest absolute Gasteiger partial charge is 0.256 e. The molecular formula is C23H30N4O4S2. The average Bonchev–Trinajstić information content (AvgIpc) is 3.15. The summed E-state index contributed by atoms with van der Waals surface area (Å²) in [6.07, 6.45) is 3.55. The molecule has 0 radical (unpaired) electrons. The second kappa shape index (κ2) is 9.54. The summed E-state index contributed by atoms with van der Waals surface area (Å²) in [6, 6.07) is 6.03. The molecule has 1 aromatic carbocycles. The van der Waals surface area contributed by atoms with Crippen LogP contribution in [0, 0.1) is 0 Å². The van der Waals surface area contributed by atoms with Gasteiger partial charge in [0.1, 0.15) is 5.00 Å². The van der Waals surface area contributed by atoms with Gasteiger partial charge in [0.2, 0.25) is 10.0 Å². The molecule has 2 aliphatic heterocycles. The highest BCUT2D eigenvalue weighted by molar-refractivity contribution is 7.89. The summed E-state index contributed by atoms with van der Waals surface area (Å²) >= 11 is 1.44. The Morgan fingerprint density at radius 1 is 1.03 bits per heavy atom. The number of amides is 2. The van der Waals surface area contributed by atoms with Crippen LogP contribution >= 0.6 is 11.3 Å². The van der Waals surface area contributed by atoms with Crippen molar-refractivity contribution in [1.29, 1.82) is 0 Å². The van der Waals surface area contributed by atoms with Crippen LogP contribution in [0.5, 0.6) is 0 Å². The molecule has 0 spiro atoms. The molecule has 2 amide bonds. The van der Waals surface area contributed by atoms with E-state index in [2.05, 4.69) is 10.2 Å². The normalized spacial score (nSPS) is 17.4. The number of benzene rings is 1. The Labute approximate surface area is 199 Å². The first kappa shape index (κ1) is 23.9. The van der Waals surface area contributed by atoms with Crippen LogP contribution in [0.25, 0.3) is 0 Å². The van der Waals surface area contributed by atoms with Gasteiger partial charge in [-0.15, -0.1) is 11.3 Å². The predicted octanol–water partition coefficient (Wildman–Crippen LogP) is 2.86. The van der Waals surface area contributed by atoms with Crippen molar-refractivity contribution in [3.8, 4) is 0 Å². The molecule has 0 bridgehead atoms. The van der Waals surface area contributed by atoms with E-state index in [4.69, 9.17) is 0 Å². The third-order valence-electron chi connectivity index (χ3n) is 6.16. The van der Waals surface area contributed by atoms with Gasteiger partial charge >= 0.3 is 0 Å². The monoisotopic (exact) mass is 490 g/mol. The van der Waals surface area contributed by atoms with Crippen LogP contribution in [0.2, 0.25) is 0 Å². The van der Waals surface area contributed by atoms with Gasteiger partial charge in [0.15, 0.2) is 0 Å². The molecule has 4 rings (SSSR count). The maximum Gasteiger partial charge on any atom is 0.256 e. The summed E-state index contributed by atoms with van der Waals surface area (Å²) < 4.78 is 27.2. The lowest BCUT2D eigenvalue weighted by Crippen LogP contribution is -2.35. The first-order chi connectivity index (χ1) is 15.7. The minimum Gasteiger partial charge on any atom is -0.345 e. The molecule has 0 saturated carbocycles. The van der Waals surface area contributed by atoms with Crippen LogP contribution in [-0.2, 0) is 23.0 Å². The van der Waals surface area contributed by atoms with Gasteiger partial charge in [0.25, 0.3) is 11.8 Å². The number of hydrogen-bond acceptors (Lipinski definition) is 6. The SMILES string of the molecule is CN1CCc2c(sc(NC(=O)c3ccc(S(=O)(=O)N4CCCCC4)cc3)c2C(=O)N(C)C)C1. The van der Waals surface area contributed by atoms with E-state index in [1.807, 2.05) is 7.05 Å². The Bertz CT molecular complexity index is 1150. The number of nitrogens with one attached hydrogen (secondary N) is 1. The fourth-order valence-electron chi connectivity index (χ4n) is 4.28. The molecule has 10 heteroatoms. The molecule has 1 aromatic heterocycles. The zero-order valence-corrected chi connectivity index (χ0v) is 20.9.